The first kappa shape index (κ1) is 12.4. The van der Waals surface area contributed by atoms with Crippen LogP contribution in [0, 0.1) is 0 Å². The Morgan fingerprint density at radius 3 is 1.40 bits per heavy atom. The predicted octanol–water partition coefficient (Wildman–Crippen LogP) is 4.17. The van der Waals surface area contributed by atoms with Gasteiger partial charge in [0.25, 0.3) is 0 Å². The maximum Gasteiger partial charge on any atom is -0.0317 e. The summed E-state index contributed by atoms with van der Waals surface area (Å²) < 4.78 is 0. The molecule has 0 atom stereocenters. The Kier molecular flexibility index (Phi) is 14.3. The summed E-state index contributed by atoms with van der Waals surface area (Å²) >= 11 is 0. The minimum atomic E-state index is 1.37. The van der Waals surface area contributed by atoms with Gasteiger partial charge in [-0.2, -0.15) is 0 Å². The zero-order valence-electron chi connectivity index (χ0n) is 8.20. The van der Waals surface area contributed by atoms with E-state index in [0.717, 1.165) is 0 Å². The van der Waals surface area contributed by atoms with Gasteiger partial charge < -0.3 is 0 Å². The monoisotopic (exact) mass is 142 g/mol. The molecule has 0 heteroatoms. The van der Waals surface area contributed by atoms with Gasteiger partial charge in [-0.25, -0.2) is 0 Å². The third kappa shape index (κ3) is 5.87. The van der Waals surface area contributed by atoms with Crippen molar-refractivity contribution in [1.82, 2.24) is 0 Å². The summed E-state index contributed by atoms with van der Waals surface area (Å²) in [5, 5.41) is 0. The van der Waals surface area contributed by atoms with Crippen LogP contribution in [0.2, 0.25) is 0 Å². The SMILES string of the molecule is CC.CC.CC=C1CCC1. The highest BCUT2D eigenvalue weighted by Gasteiger charge is 2.04. The molecule has 1 rings (SSSR count). The highest BCUT2D eigenvalue weighted by atomic mass is 14.1. The van der Waals surface area contributed by atoms with Crippen molar-refractivity contribution < 1.29 is 0 Å². The predicted molar refractivity (Wildman–Crippen MR) is 50.3 cm³/mol. The molecule has 0 spiro atoms. The van der Waals surface area contributed by atoms with Crippen molar-refractivity contribution in [3.8, 4) is 0 Å². The highest BCUT2D eigenvalue weighted by Crippen LogP contribution is 2.24. The van der Waals surface area contributed by atoms with Crippen LogP contribution in [0.25, 0.3) is 0 Å². The lowest BCUT2D eigenvalue weighted by molar-refractivity contribution is 0.661. The molecule has 0 heterocycles. The van der Waals surface area contributed by atoms with Gasteiger partial charge in [-0.05, 0) is 26.2 Å². The van der Waals surface area contributed by atoms with Crippen molar-refractivity contribution in [3.05, 3.63) is 11.6 Å². The van der Waals surface area contributed by atoms with Crippen LogP contribution in [0.3, 0.4) is 0 Å². The van der Waals surface area contributed by atoms with Crippen molar-refractivity contribution in [2.24, 2.45) is 0 Å². The first-order valence-electron chi connectivity index (χ1n) is 4.57. The van der Waals surface area contributed by atoms with Gasteiger partial charge in [0.15, 0.2) is 0 Å². The summed E-state index contributed by atoms with van der Waals surface area (Å²) in [5.74, 6) is 0. The van der Waals surface area contributed by atoms with E-state index in [1.54, 1.807) is 5.57 Å². The summed E-state index contributed by atoms with van der Waals surface area (Å²) in [7, 11) is 0. The molecule has 0 aromatic heterocycles. The number of hydrogen-bond donors (Lipinski definition) is 0. The van der Waals surface area contributed by atoms with Crippen LogP contribution in [-0.2, 0) is 0 Å². The van der Waals surface area contributed by atoms with E-state index < -0.39 is 0 Å². The van der Waals surface area contributed by atoms with Gasteiger partial charge in [0, 0.05) is 0 Å². The van der Waals surface area contributed by atoms with Crippen LogP contribution in [0.15, 0.2) is 11.6 Å². The summed E-state index contributed by atoms with van der Waals surface area (Å²) in [5.41, 5.74) is 1.65. The maximum absolute atomic E-state index is 2.23. The molecule has 62 valence electrons. The van der Waals surface area contributed by atoms with Crippen LogP contribution in [0.4, 0.5) is 0 Å². The van der Waals surface area contributed by atoms with Gasteiger partial charge in [0.2, 0.25) is 0 Å². The normalized spacial score (nSPS) is 13.1. The minimum absolute atomic E-state index is 1.37. The molecule has 0 aromatic carbocycles. The zero-order chi connectivity index (χ0) is 8.41. The zero-order valence-corrected chi connectivity index (χ0v) is 8.20. The van der Waals surface area contributed by atoms with Crippen molar-refractivity contribution in [2.45, 2.75) is 53.9 Å². The van der Waals surface area contributed by atoms with Crippen LogP contribution < -0.4 is 0 Å². The van der Waals surface area contributed by atoms with Gasteiger partial charge in [-0.15, -0.1) is 0 Å². The number of allylic oxidation sites excluding steroid dienone is 2. The van der Waals surface area contributed by atoms with E-state index in [9.17, 15) is 0 Å². The van der Waals surface area contributed by atoms with Gasteiger partial charge >= 0.3 is 0 Å². The molecule has 0 amide bonds. The molecule has 1 aliphatic rings. The molecular weight excluding hydrogens is 120 g/mol. The average Bonchev–Trinajstić information content (AvgIpc) is 1.95. The van der Waals surface area contributed by atoms with Crippen molar-refractivity contribution in [2.75, 3.05) is 0 Å². The van der Waals surface area contributed by atoms with E-state index in [-0.39, 0.29) is 0 Å². The Morgan fingerprint density at radius 2 is 1.40 bits per heavy atom. The van der Waals surface area contributed by atoms with Gasteiger partial charge in [-0.1, -0.05) is 39.3 Å². The fraction of sp³-hybridized carbons (Fsp3) is 0.800. The van der Waals surface area contributed by atoms with E-state index in [2.05, 4.69) is 13.0 Å². The van der Waals surface area contributed by atoms with Gasteiger partial charge in [0.1, 0.15) is 0 Å². The Hall–Kier alpha value is -0.260. The van der Waals surface area contributed by atoms with Crippen LogP contribution >= 0.6 is 0 Å². The molecule has 0 aromatic rings. The third-order valence-corrected chi connectivity index (χ3v) is 1.40. The van der Waals surface area contributed by atoms with E-state index in [1.807, 2.05) is 27.7 Å². The van der Waals surface area contributed by atoms with Crippen molar-refractivity contribution in [3.63, 3.8) is 0 Å². The van der Waals surface area contributed by atoms with E-state index >= 15 is 0 Å². The first-order chi connectivity index (χ1) is 4.93. The second-order valence-corrected chi connectivity index (χ2v) is 1.80. The Bertz CT molecular complexity index is 64.1. The molecule has 0 bridgehead atoms. The molecule has 0 radical (unpaired) electrons. The second-order valence-electron chi connectivity index (χ2n) is 1.80. The Balaban J connectivity index is 0. The lowest BCUT2D eigenvalue weighted by Crippen LogP contribution is -1.94. The van der Waals surface area contributed by atoms with Crippen LogP contribution in [0.1, 0.15) is 53.9 Å². The third-order valence-electron chi connectivity index (χ3n) is 1.40. The maximum atomic E-state index is 2.23. The highest BCUT2D eigenvalue weighted by molar-refractivity contribution is 5.07. The van der Waals surface area contributed by atoms with E-state index in [4.69, 9.17) is 0 Å². The molecule has 0 aliphatic heterocycles. The molecular formula is C10H22. The Labute approximate surface area is 66.3 Å². The van der Waals surface area contributed by atoms with Crippen molar-refractivity contribution in [1.29, 1.82) is 0 Å². The smallest absolute Gasteiger partial charge is 0.0317 e. The minimum Gasteiger partial charge on any atom is -0.0885 e. The van der Waals surface area contributed by atoms with Crippen LogP contribution in [-0.4, -0.2) is 0 Å². The molecule has 1 aliphatic carbocycles. The van der Waals surface area contributed by atoms with Gasteiger partial charge in [-0.3, -0.25) is 0 Å². The molecule has 0 nitrogen and oxygen atoms in total. The van der Waals surface area contributed by atoms with E-state index in [1.165, 1.54) is 19.3 Å². The summed E-state index contributed by atoms with van der Waals surface area (Å²) in [6.07, 6.45) is 6.40. The van der Waals surface area contributed by atoms with Gasteiger partial charge in [0.05, 0.1) is 0 Å². The summed E-state index contributed by atoms with van der Waals surface area (Å²) in [6.45, 7) is 10.1. The molecule has 1 fully saturated rings. The quantitative estimate of drug-likeness (QED) is 0.445. The number of hydrogen-bond acceptors (Lipinski definition) is 0. The summed E-state index contributed by atoms with van der Waals surface area (Å²) in [6, 6.07) is 0. The fourth-order valence-electron chi connectivity index (χ4n) is 0.670. The second kappa shape index (κ2) is 11.5. The number of rotatable bonds is 0. The van der Waals surface area contributed by atoms with Crippen LogP contribution in [0.5, 0.6) is 0 Å². The fourth-order valence-corrected chi connectivity index (χ4v) is 0.670. The molecule has 10 heavy (non-hydrogen) atoms. The standard InChI is InChI=1S/C6H10.2C2H6/c1-2-6-4-3-5-6;2*1-2/h2H,3-5H2,1H3;2*1-2H3. The first-order valence-corrected chi connectivity index (χ1v) is 4.57. The Morgan fingerprint density at radius 1 is 1.00 bits per heavy atom. The summed E-state index contributed by atoms with van der Waals surface area (Å²) in [4.78, 5) is 0. The molecule has 0 N–H and O–H groups in total. The molecule has 0 saturated heterocycles. The average molecular weight is 142 g/mol. The van der Waals surface area contributed by atoms with E-state index in [0.29, 0.717) is 0 Å². The molecule has 1 saturated carbocycles. The lowest BCUT2D eigenvalue weighted by Gasteiger charge is -2.13. The topological polar surface area (TPSA) is 0 Å². The molecule has 0 unspecified atom stereocenters. The van der Waals surface area contributed by atoms with Crippen molar-refractivity contribution >= 4 is 0 Å². The lowest BCUT2D eigenvalue weighted by atomic mass is 9.93. The largest absolute Gasteiger partial charge is 0.0885 e.